The highest BCUT2D eigenvalue weighted by Crippen LogP contribution is 2.44. The lowest BCUT2D eigenvalue weighted by atomic mass is 9.91. The molecule has 2 heterocycles. The summed E-state index contributed by atoms with van der Waals surface area (Å²) in [5, 5.41) is 11.8. The van der Waals surface area contributed by atoms with Crippen LogP contribution in [0.4, 0.5) is 5.69 Å². The number of aromatic nitrogens is 1. The zero-order valence-electron chi connectivity index (χ0n) is 18.6. The van der Waals surface area contributed by atoms with Crippen LogP contribution in [0.1, 0.15) is 43.0 Å². The van der Waals surface area contributed by atoms with Crippen molar-refractivity contribution in [2.75, 3.05) is 4.90 Å². The van der Waals surface area contributed by atoms with E-state index in [0.717, 1.165) is 27.6 Å². The first-order valence-electron chi connectivity index (χ1n) is 10.6. The standard InChI is InChI=1S/C26H28N2O3/c1-15(2)10-22(29)23-24(20-14-27(5)21-9-7-6-8-19(20)21)28(26(31)25(23)30)18-12-16(3)11-17(4)13-18/h6-9,11-15,24,30H,10H2,1-5H3. The van der Waals surface area contributed by atoms with Crippen molar-refractivity contribution in [3.63, 3.8) is 0 Å². The second-order valence-corrected chi connectivity index (χ2v) is 8.92. The van der Waals surface area contributed by atoms with Crippen LogP contribution in [-0.2, 0) is 16.6 Å². The van der Waals surface area contributed by atoms with Gasteiger partial charge < -0.3 is 9.67 Å². The molecule has 5 nitrogen and oxygen atoms in total. The molecule has 2 aromatic carbocycles. The SMILES string of the molecule is Cc1cc(C)cc(N2C(=O)C(O)=C(C(=O)CC(C)C)C2c2cn(C)c3ccccc23)c1. The number of carbonyl (C=O) groups excluding carboxylic acids is 2. The molecule has 0 saturated heterocycles. The fraction of sp³-hybridized carbons (Fsp3) is 0.308. The molecule has 31 heavy (non-hydrogen) atoms. The van der Waals surface area contributed by atoms with E-state index in [9.17, 15) is 14.7 Å². The first-order valence-corrected chi connectivity index (χ1v) is 10.6. The highest BCUT2D eigenvalue weighted by Gasteiger charge is 2.45. The number of hydrogen-bond acceptors (Lipinski definition) is 3. The number of fused-ring (bicyclic) bond motifs is 1. The highest BCUT2D eigenvalue weighted by molar-refractivity contribution is 6.17. The highest BCUT2D eigenvalue weighted by atomic mass is 16.3. The van der Waals surface area contributed by atoms with Crippen molar-refractivity contribution in [2.45, 2.75) is 40.2 Å². The van der Waals surface area contributed by atoms with E-state index in [1.807, 2.05) is 88.0 Å². The molecule has 4 rings (SSSR count). The third-order valence-electron chi connectivity index (χ3n) is 5.81. The minimum atomic E-state index is -0.675. The molecule has 5 heteroatoms. The van der Waals surface area contributed by atoms with Gasteiger partial charge in [-0.15, -0.1) is 0 Å². The Morgan fingerprint density at radius 2 is 1.74 bits per heavy atom. The fourth-order valence-electron chi connectivity index (χ4n) is 4.61. The summed E-state index contributed by atoms with van der Waals surface area (Å²) in [5.41, 5.74) is 4.74. The van der Waals surface area contributed by atoms with Crippen LogP contribution in [-0.4, -0.2) is 21.4 Å². The quantitative estimate of drug-likeness (QED) is 0.613. The number of ketones is 1. The number of amides is 1. The molecule has 1 aliphatic rings. The van der Waals surface area contributed by atoms with Crippen molar-refractivity contribution in [1.29, 1.82) is 0 Å². The van der Waals surface area contributed by atoms with Crippen LogP contribution in [0.25, 0.3) is 10.9 Å². The van der Waals surface area contributed by atoms with Gasteiger partial charge in [0.1, 0.15) is 0 Å². The largest absolute Gasteiger partial charge is 0.503 e. The summed E-state index contributed by atoms with van der Waals surface area (Å²) < 4.78 is 1.99. The Balaban J connectivity index is 1.97. The number of para-hydroxylation sites is 1. The lowest BCUT2D eigenvalue weighted by Crippen LogP contribution is -2.31. The van der Waals surface area contributed by atoms with E-state index in [2.05, 4.69) is 0 Å². The second-order valence-electron chi connectivity index (χ2n) is 8.92. The Morgan fingerprint density at radius 1 is 1.10 bits per heavy atom. The predicted octanol–water partition coefficient (Wildman–Crippen LogP) is 5.31. The summed E-state index contributed by atoms with van der Waals surface area (Å²) in [4.78, 5) is 28.1. The predicted molar refractivity (Wildman–Crippen MR) is 123 cm³/mol. The summed E-state index contributed by atoms with van der Waals surface area (Å²) in [7, 11) is 1.95. The monoisotopic (exact) mass is 416 g/mol. The zero-order valence-corrected chi connectivity index (χ0v) is 18.6. The van der Waals surface area contributed by atoms with Crippen LogP contribution in [0.3, 0.4) is 0 Å². The normalized spacial score (nSPS) is 16.8. The number of aryl methyl sites for hydroxylation is 3. The molecule has 0 radical (unpaired) electrons. The minimum Gasteiger partial charge on any atom is -0.503 e. The molecule has 0 fully saturated rings. The van der Waals surface area contributed by atoms with E-state index in [1.165, 1.54) is 0 Å². The van der Waals surface area contributed by atoms with Crippen molar-refractivity contribution in [1.82, 2.24) is 4.57 Å². The molecule has 1 amide bonds. The Bertz CT molecular complexity index is 1210. The molecule has 0 bridgehead atoms. The Labute approximate surface area is 182 Å². The molecule has 1 N–H and O–H groups in total. The first kappa shape index (κ1) is 20.9. The molecule has 0 aliphatic carbocycles. The first-order chi connectivity index (χ1) is 14.7. The van der Waals surface area contributed by atoms with Gasteiger partial charge in [-0.2, -0.15) is 0 Å². The average molecular weight is 417 g/mol. The summed E-state index contributed by atoms with van der Waals surface area (Å²) in [6.45, 7) is 7.87. The zero-order chi connectivity index (χ0) is 22.4. The average Bonchev–Trinajstić information content (AvgIpc) is 3.15. The molecule has 0 saturated carbocycles. The molecule has 1 aromatic heterocycles. The summed E-state index contributed by atoms with van der Waals surface area (Å²) in [6, 6.07) is 13.1. The number of benzene rings is 2. The molecule has 1 aliphatic heterocycles. The molecule has 1 unspecified atom stereocenters. The number of Topliss-reactive ketones (excluding diaryl/α,β-unsaturated/α-hetero) is 1. The van der Waals surface area contributed by atoms with Gasteiger partial charge in [-0.1, -0.05) is 38.1 Å². The van der Waals surface area contributed by atoms with Crippen molar-refractivity contribution in [3.05, 3.63) is 76.7 Å². The molecular weight excluding hydrogens is 388 g/mol. The van der Waals surface area contributed by atoms with Crippen LogP contribution >= 0.6 is 0 Å². The number of anilines is 1. The van der Waals surface area contributed by atoms with E-state index in [0.29, 0.717) is 5.69 Å². The minimum absolute atomic E-state index is 0.117. The van der Waals surface area contributed by atoms with Gasteiger partial charge in [-0.3, -0.25) is 14.5 Å². The molecule has 160 valence electrons. The number of hydrogen-bond donors (Lipinski definition) is 1. The van der Waals surface area contributed by atoms with Crippen LogP contribution in [0, 0.1) is 19.8 Å². The van der Waals surface area contributed by atoms with Crippen molar-refractivity contribution in [2.24, 2.45) is 13.0 Å². The van der Waals surface area contributed by atoms with Gasteiger partial charge >= 0.3 is 0 Å². The molecule has 1 atom stereocenters. The smallest absolute Gasteiger partial charge is 0.294 e. The molecule has 3 aromatic rings. The summed E-state index contributed by atoms with van der Waals surface area (Å²) in [5.74, 6) is -1.05. The van der Waals surface area contributed by atoms with Crippen LogP contribution in [0.5, 0.6) is 0 Å². The summed E-state index contributed by atoms with van der Waals surface area (Å²) in [6.07, 6.45) is 2.23. The van der Waals surface area contributed by atoms with E-state index in [-0.39, 0.29) is 23.7 Å². The van der Waals surface area contributed by atoms with Crippen molar-refractivity contribution in [3.8, 4) is 0 Å². The number of nitrogens with zero attached hydrogens (tertiary/aromatic N) is 2. The Morgan fingerprint density at radius 3 is 2.39 bits per heavy atom. The van der Waals surface area contributed by atoms with Gasteiger partial charge in [-0.05, 0) is 49.1 Å². The van der Waals surface area contributed by atoms with Gasteiger partial charge in [0.2, 0.25) is 0 Å². The maximum absolute atomic E-state index is 13.3. The van der Waals surface area contributed by atoms with Gasteiger partial charge in [0, 0.05) is 41.8 Å². The third kappa shape index (κ3) is 3.54. The number of aliphatic hydroxyl groups excluding tert-OH is 1. The Hall–Kier alpha value is -3.34. The topological polar surface area (TPSA) is 62.5 Å². The van der Waals surface area contributed by atoms with Crippen LogP contribution < -0.4 is 4.90 Å². The molecule has 0 spiro atoms. The summed E-state index contributed by atoms with van der Waals surface area (Å²) >= 11 is 0. The number of aliphatic hydroxyl groups is 1. The molecular formula is C26H28N2O3. The maximum atomic E-state index is 13.3. The van der Waals surface area contributed by atoms with E-state index < -0.39 is 17.7 Å². The second kappa shape index (κ2) is 7.73. The Kier molecular flexibility index (Phi) is 5.21. The van der Waals surface area contributed by atoms with E-state index >= 15 is 0 Å². The van der Waals surface area contributed by atoms with Gasteiger partial charge in [-0.25, -0.2) is 0 Å². The van der Waals surface area contributed by atoms with E-state index in [1.54, 1.807) is 4.90 Å². The van der Waals surface area contributed by atoms with Gasteiger partial charge in [0.25, 0.3) is 5.91 Å². The van der Waals surface area contributed by atoms with Crippen LogP contribution in [0.2, 0.25) is 0 Å². The lowest BCUT2D eigenvalue weighted by Gasteiger charge is -2.27. The number of carbonyl (C=O) groups is 2. The van der Waals surface area contributed by atoms with Crippen LogP contribution in [0.15, 0.2) is 60.0 Å². The van der Waals surface area contributed by atoms with Crippen molar-refractivity contribution >= 4 is 28.3 Å². The fourth-order valence-corrected chi connectivity index (χ4v) is 4.61. The number of rotatable bonds is 5. The van der Waals surface area contributed by atoms with E-state index in [4.69, 9.17) is 0 Å². The maximum Gasteiger partial charge on any atom is 0.294 e. The van der Waals surface area contributed by atoms with Gasteiger partial charge in [0.15, 0.2) is 11.5 Å². The van der Waals surface area contributed by atoms with Crippen molar-refractivity contribution < 1.29 is 14.7 Å². The third-order valence-corrected chi connectivity index (χ3v) is 5.81. The lowest BCUT2D eigenvalue weighted by molar-refractivity contribution is -0.118. The van der Waals surface area contributed by atoms with Gasteiger partial charge in [0.05, 0.1) is 11.6 Å².